The minimum absolute atomic E-state index is 0.0492. The summed E-state index contributed by atoms with van der Waals surface area (Å²) in [5.41, 5.74) is 3.90. The molecule has 0 bridgehead atoms. The second kappa shape index (κ2) is 11.2. The van der Waals surface area contributed by atoms with Gasteiger partial charge in [0.05, 0.1) is 17.8 Å². The van der Waals surface area contributed by atoms with Crippen molar-refractivity contribution < 1.29 is 17.6 Å². The number of aromatic nitrogens is 2. The summed E-state index contributed by atoms with van der Waals surface area (Å²) in [6.07, 6.45) is -0.249. The number of nitrogens with zero attached hydrogens (tertiary/aromatic N) is 3. The van der Waals surface area contributed by atoms with Crippen LogP contribution in [0.2, 0.25) is 5.02 Å². The Kier molecular flexibility index (Phi) is 7.47. The summed E-state index contributed by atoms with van der Waals surface area (Å²) in [5, 5.41) is 4.99. The van der Waals surface area contributed by atoms with E-state index in [0.717, 1.165) is 30.3 Å². The summed E-state index contributed by atoms with van der Waals surface area (Å²) in [7, 11) is 0. The van der Waals surface area contributed by atoms with Crippen LogP contribution in [0.15, 0.2) is 84.9 Å². The Morgan fingerprint density at radius 1 is 0.805 bits per heavy atom. The fourth-order valence-electron chi connectivity index (χ4n) is 5.69. The van der Waals surface area contributed by atoms with Gasteiger partial charge in [0.2, 0.25) is 0 Å². The minimum Gasteiger partial charge on any atom is -0.372 e. The van der Waals surface area contributed by atoms with E-state index in [9.17, 15) is 17.6 Å². The van der Waals surface area contributed by atoms with Gasteiger partial charge < -0.3 is 4.90 Å². The number of anilines is 1. The van der Waals surface area contributed by atoms with Crippen molar-refractivity contribution in [3.63, 3.8) is 0 Å². The van der Waals surface area contributed by atoms with Crippen molar-refractivity contribution in [1.82, 2.24) is 9.78 Å². The van der Waals surface area contributed by atoms with Crippen LogP contribution in [0.3, 0.4) is 0 Å². The molecule has 0 saturated carbocycles. The number of benzene rings is 4. The van der Waals surface area contributed by atoms with Crippen LogP contribution in [0.1, 0.15) is 41.5 Å². The molecule has 8 heteroatoms. The van der Waals surface area contributed by atoms with Crippen LogP contribution in [0.5, 0.6) is 0 Å². The quantitative estimate of drug-likeness (QED) is 0.188. The highest BCUT2D eigenvalue weighted by Gasteiger charge is 2.34. The lowest BCUT2D eigenvalue weighted by molar-refractivity contribution is -0.136. The SMILES string of the molecule is Fc1cc(Cl)ccc1Cn1nc2c(C(F)(F)F)cccc2c1-c1cccc(Cc2cccc(N3CCCCC3)c2)c1. The van der Waals surface area contributed by atoms with Gasteiger partial charge in [-0.3, -0.25) is 4.68 Å². The van der Waals surface area contributed by atoms with Crippen LogP contribution >= 0.6 is 11.6 Å². The molecule has 0 aliphatic carbocycles. The number of rotatable bonds is 6. The standard InChI is InChI=1S/C33H28ClF4N3/c34-26-14-13-25(30(35)20-26)21-41-32(28-11-6-12-29(31(28)39-41)33(36,37)38)24-9-4-7-22(18-24)17-23-8-5-10-27(19-23)40-15-2-1-3-16-40/h4-14,18-20H,1-3,15-17,21H2. The maximum absolute atomic E-state index is 14.8. The van der Waals surface area contributed by atoms with Gasteiger partial charge in [-0.2, -0.15) is 18.3 Å². The third kappa shape index (κ3) is 5.82. The molecule has 41 heavy (non-hydrogen) atoms. The average molecular weight is 578 g/mol. The highest BCUT2D eigenvalue weighted by atomic mass is 35.5. The summed E-state index contributed by atoms with van der Waals surface area (Å²) in [6, 6.07) is 24.6. The van der Waals surface area contributed by atoms with Crippen molar-refractivity contribution in [1.29, 1.82) is 0 Å². The van der Waals surface area contributed by atoms with Crippen LogP contribution in [-0.2, 0) is 19.1 Å². The Balaban J connectivity index is 1.41. The van der Waals surface area contributed by atoms with Crippen molar-refractivity contribution in [2.45, 2.75) is 38.4 Å². The molecule has 0 amide bonds. The molecule has 1 aromatic heterocycles. The van der Waals surface area contributed by atoms with Gasteiger partial charge in [-0.1, -0.05) is 60.1 Å². The molecule has 0 radical (unpaired) electrons. The molecule has 1 saturated heterocycles. The molecule has 0 spiro atoms. The zero-order chi connectivity index (χ0) is 28.6. The molecule has 210 valence electrons. The Hall–Kier alpha value is -3.84. The van der Waals surface area contributed by atoms with E-state index >= 15 is 0 Å². The summed E-state index contributed by atoms with van der Waals surface area (Å²) < 4.78 is 58.0. The number of halogens is 5. The molecule has 0 N–H and O–H groups in total. The second-order valence-corrected chi connectivity index (χ2v) is 11.0. The first-order valence-electron chi connectivity index (χ1n) is 13.7. The molecule has 0 unspecified atom stereocenters. The number of hydrogen-bond donors (Lipinski definition) is 0. The number of piperidine rings is 1. The molecule has 6 rings (SSSR count). The molecular weight excluding hydrogens is 550 g/mol. The molecule has 0 atom stereocenters. The van der Waals surface area contributed by atoms with Crippen molar-refractivity contribution in [2.75, 3.05) is 18.0 Å². The lowest BCUT2D eigenvalue weighted by Crippen LogP contribution is -2.29. The van der Waals surface area contributed by atoms with Gasteiger partial charge in [-0.05, 0) is 73.2 Å². The molecule has 1 aliphatic rings. The summed E-state index contributed by atoms with van der Waals surface area (Å²) in [4.78, 5) is 2.42. The van der Waals surface area contributed by atoms with Gasteiger partial charge >= 0.3 is 6.18 Å². The van der Waals surface area contributed by atoms with Crippen LogP contribution in [-0.4, -0.2) is 22.9 Å². The first-order chi connectivity index (χ1) is 19.8. The number of fused-ring (bicyclic) bond motifs is 1. The van der Waals surface area contributed by atoms with E-state index < -0.39 is 17.6 Å². The van der Waals surface area contributed by atoms with E-state index in [0.29, 0.717) is 23.1 Å². The predicted molar refractivity (Wildman–Crippen MR) is 156 cm³/mol. The third-order valence-electron chi connectivity index (χ3n) is 7.65. The number of alkyl halides is 3. The van der Waals surface area contributed by atoms with E-state index in [2.05, 4.69) is 34.3 Å². The minimum atomic E-state index is -4.58. The largest absolute Gasteiger partial charge is 0.418 e. The van der Waals surface area contributed by atoms with Gasteiger partial charge in [-0.15, -0.1) is 0 Å². The fourth-order valence-corrected chi connectivity index (χ4v) is 5.85. The normalized spacial score (nSPS) is 14.1. The Morgan fingerprint density at radius 2 is 1.54 bits per heavy atom. The van der Waals surface area contributed by atoms with Crippen LogP contribution < -0.4 is 4.90 Å². The Bertz CT molecular complexity index is 1700. The van der Waals surface area contributed by atoms with Gasteiger partial charge in [0.25, 0.3) is 0 Å². The Morgan fingerprint density at radius 3 is 2.29 bits per heavy atom. The molecular formula is C33H28ClF4N3. The van der Waals surface area contributed by atoms with E-state index in [-0.39, 0.29) is 22.6 Å². The monoisotopic (exact) mass is 577 g/mol. The van der Waals surface area contributed by atoms with Gasteiger partial charge in [0.15, 0.2) is 0 Å². The van der Waals surface area contributed by atoms with Crippen LogP contribution in [0.25, 0.3) is 22.2 Å². The van der Waals surface area contributed by atoms with E-state index in [1.165, 1.54) is 47.8 Å². The first-order valence-corrected chi connectivity index (χ1v) is 14.1. The van der Waals surface area contributed by atoms with Crippen molar-refractivity contribution >= 4 is 28.2 Å². The van der Waals surface area contributed by atoms with Gasteiger partial charge in [0.1, 0.15) is 11.3 Å². The maximum Gasteiger partial charge on any atom is 0.418 e. The molecule has 2 heterocycles. The van der Waals surface area contributed by atoms with E-state index in [1.807, 2.05) is 24.3 Å². The smallest absolute Gasteiger partial charge is 0.372 e. The van der Waals surface area contributed by atoms with Crippen LogP contribution in [0, 0.1) is 5.82 Å². The molecule has 1 fully saturated rings. The highest BCUT2D eigenvalue weighted by molar-refractivity contribution is 6.30. The predicted octanol–water partition coefficient (Wildman–Crippen LogP) is 9.14. The zero-order valence-electron chi connectivity index (χ0n) is 22.3. The van der Waals surface area contributed by atoms with Crippen LogP contribution in [0.4, 0.5) is 23.2 Å². The van der Waals surface area contributed by atoms with Gasteiger partial charge in [-0.25, -0.2) is 4.39 Å². The summed E-state index contributed by atoms with van der Waals surface area (Å²) in [5.74, 6) is -0.540. The average Bonchev–Trinajstić information content (AvgIpc) is 3.33. The molecule has 3 nitrogen and oxygen atoms in total. The Labute approximate surface area is 241 Å². The molecule has 4 aromatic carbocycles. The summed E-state index contributed by atoms with van der Waals surface area (Å²) >= 11 is 5.93. The number of hydrogen-bond acceptors (Lipinski definition) is 2. The van der Waals surface area contributed by atoms with Gasteiger partial charge in [0, 0.05) is 40.3 Å². The van der Waals surface area contributed by atoms with E-state index in [1.54, 1.807) is 12.1 Å². The second-order valence-electron chi connectivity index (χ2n) is 10.5. The van der Waals surface area contributed by atoms with E-state index in [4.69, 9.17) is 11.6 Å². The zero-order valence-corrected chi connectivity index (χ0v) is 23.0. The van der Waals surface area contributed by atoms with Crippen molar-refractivity contribution in [3.05, 3.63) is 118 Å². The molecule has 5 aromatic rings. The fraction of sp³-hybridized carbons (Fsp3) is 0.242. The lowest BCUT2D eigenvalue weighted by Gasteiger charge is -2.29. The van der Waals surface area contributed by atoms with Crippen molar-refractivity contribution in [3.8, 4) is 11.3 Å². The maximum atomic E-state index is 14.8. The third-order valence-corrected chi connectivity index (χ3v) is 7.89. The highest BCUT2D eigenvalue weighted by Crippen LogP contribution is 2.38. The lowest BCUT2D eigenvalue weighted by atomic mass is 9.99. The molecule has 1 aliphatic heterocycles. The van der Waals surface area contributed by atoms with Crippen molar-refractivity contribution in [2.24, 2.45) is 0 Å². The topological polar surface area (TPSA) is 21.1 Å². The first kappa shape index (κ1) is 27.3. The summed E-state index contributed by atoms with van der Waals surface area (Å²) in [6.45, 7) is 2.07.